The molecule has 1 fully saturated rings. The molecule has 1 aromatic carbocycles. The summed E-state index contributed by atoms with van der Waals surface area (Å²) in [5.74, 6) is 0. The van der Waals surface area contributed by atoms with Crippen molar-refractivity contribution in [2.24, 2.45) is 0 Å². The zero-order chi connectivity index (χ0) is 17.6. The Balaban J connectivity index is 1.54. The van der Waals surface area contributed by atoms with E-state index in [-0.39, 0.29) is 6.03 Å². The van der Waals surface area contributed by atoms with Gasteiger partial charge in [0, 0.05) is 38.1 Å². The predicted octanol–water partition coefficient (Wildman–Crippen LogP) is 2.50. The molecule has 3 rings (SSSR count). The number of carbonyl (C=O) groups is 1. The number of urea groups is 1. The van der Waals surface area contributed by atoms with E-state index >= 15 is 0 Å². The fourth-order valence-corrected chi connectivity index (χ4v) is 3.48. The monoisotopic (exact) mass is 341 g/mol. The molecule has 2 aromatic rings. The van der Waals surface area contributed by atoms with E-state index in [9.17, 15) is 4.79 Å². The highest BCUT2D eigenvalue weighted by molar-refractivity contribution is 5.74. The minimum atomic E-state index is 0.0270. The second-order valence-electron chi connectivity index (χ2n) is 6.39. The lowest BCUT2D eigenvalue weighted by Gasteiger charge is -2.26. The molecule has 1 N–H and O–H groups in total. The van der Waals surface area contributed by atoms with Crippen molar-refractivity contribution in [2.75, 3.05) is 26.2 Å². The Morgan fingerprint density at radius 1 is 1.32 bits per heavy atom. The van der Waals surface area contributed by atoms with Crippen LogP contribution in [0.3, 0.4) is 0 Å². The lowest BCUT2D eigenvalue weighted by atomic mass is 10.2. The maximum absolute atomic E-state index is 12.5. The van der Waals surface area contributed by atoms with Crippen LogP contribution in [0.15, 0.2) is 42.7 Å². The molecule has 0 radical (unpaired) electrons. The molecular weight excluding hydrogens is 314 g/mol. The van der Waals surface area contributed by atoms with Crippen LogP contribution in [0.2, 0.25) is 0 Å². The molecule has 1 saturated heterocycles. The van der Waals surface area contributed by atoms with Gasteiger partial charge >= 0.3 is 6.03 Å². The van der Waals surface area contributed by atoms with Gasteiger partial charge in [-0.1, -0.05) is 26.0 Å². The average molecular weight is 341 g/mol. The van der Waals surface area contributed by atoms with Crippen molar-refractivity contribution in [2.45, 2.75) is 32.9 Å². The minimum absolute atomic E-state index is 0.0270. The zero-order valence-corrected chi connectivity index (χ0v) is 15.1. The third-order valence-electron chi connectivity index (χ3n) is 4.90. The highest BCUT2D eigenvalue weighted by atomic mass is 16.2. The molecule has 0 aliphatic carbocycles. The predicted molar refractivity (Wildman–Crippen MR) is 98.7 cm³/mol. The number of hydrogen-bond acceptors (Lipinski definition) is 3. The van der Waals surface area contributed by atoms with Gasteiger partial charge in [-0.05, 0) is 43.3 Å². The molecule has 6 heteroatoms. The van der Waals surface area contributed by atoms with Crippen molar-refractivity contribution in [3.8, 4) is 5.69 Å². The van der Waals surface area contributed by atoms with Crippen LogP contribution < -0.4 is 5.32 Å². The Kier molecular flexibility index (Phi) is 5.71. The van der Waals surface area contributed by atoms with Gasteiger partial charge in [0.25, 0.3) is 0 Å². The highest BCUT2D eigenvalue weighted by Crippen LogP contribution is 2.16. The number of hydrogen-bond donors (Lipinski definition) is 1. The molecule has 0 bridgehead atoms. The van der Waals surface area contributed by atoms with Gasteiger partial charge in [-0.15, -0.1) is 0 Å². The summed E-state index contributed by atoms with van der Waals surface area (Å²) in [6.07, 6.45) is 4.73. The summed E-state index contributed by atoms with van der Waals surface area (Å²) in [7, 11) is 0. The topological polar surface area (TPSA) is 53.4 Å². The Morgan fingerprint density at radius 2 is 2.16 bits per heavy atom. The van der Waals surface area contributed by atoms with E-state index < -0.39 is 0 Å². The average Bonchev–Trinajstić information content (AvgIpc) is 3.33. The summed E-state index contributed by atoms with van der Waals surface area (Å²) in [5, 5.41) is 7.29. The lowest BCUT2D eigenvalue weighted by Crippen LogP contribution is -2.42. The first kappa shape index (κ1) is 17.5. The third kappa shape index (κ3) is 4.20. The Morgan fingerprint density at radius 3 is 2.88 bits per heavy atom. The summed E-state index contributed by atoms with van der Waals surface area (Å²) in [6.45, 7) is 8.62. The second-order valence-corrected chi connectivity index (χ2v) is 6.39. The number of likely N-dealkylation sites (tertiary alicyclic amines) is 1. The standard InChI is InChI=1S/C19H27N5O/c1-3-22(4-2)18-9-12-23(15-18)19(25)20-14-16-7-5-8-17(13-16)24-11-6-10-21-24/h5-8,10-11,13,18H,3-4,9,12,14-15H2,1-2H3,(H,20,25)/t18-/m0/s1. The van der Waals surface area contributed by atoms with Crippen molar-refractivity contribution < 1.29 is 4.79 Å². The Labute approximate surface area is 149 Å². The molecule has 6 nitrogen and oxygen atoms in total. The quantitative estimate of drug-likeness (QED) is 0.878. The van der Waals surface area contributed by atoms with E-state index in [1.807, 2.05) is 40.0 Å². The van der Waals surface area contributed by atoms with E-state index in [1.54, 1.807) is 6.20 Å². The van der Waals surface area contributed by atoms with Crippen LogP contribution in [0.1, 0.15) is 25.8 Å². The van der Waals surface area contributed by atoms with Gasteiger partial charge in [-0.2, -0.15) is 5.10 Å². The summed E-state index contributed by atoms with van der Waals surface area (Å²) in [6, 6.07) is 10.5. The fourth-order valence-electron chi connectivity index (χ4n) is 3.48. The molecule has 1 aromatic heterocycles. The van der Waals surface area contributed by atoms with E-state index in [0.717, 1.165) is 43.9 Å². The molecule has 2 heterocycles. The third-order valence-corrected chi connectivity index (χ3v) is 4.90. The van der Waals surface area contributed by atoms with Gasteiger partial charge in [0.2, 0.25) is 0 Å². The molecule has 0 unspecified atom stereocenters. The SMILES string of the molecule is CCN(CC)[C@H]1CCN(C(=O)NCc2cccc(-n3cccn3)c2)C1. The summed E-state index contributed by atoms with van der Waals surface area (Å²) >= 11 is 0. The van der Waals surface area contributed by atoms with E-state index in [4.69, 9.17) is 0 Å². The Hall–Kier alpha value is -2.34. The zero-order valence-electron chi connectivity index (χ0n) is 15.1. The minimum Gasteiger partial charge on any atom is -0.334 e. The van der Waals surface area contributed by atoms with Crippen molar-refractivity contribution in [3.05, 3.63) is 48.3 Å². The van der Waals surface area contributed by atoms with Crippen molar-refractivity contribution in [3.63, 3.8) is 0 Å². The van der Waals surface area contributed by atoms with Gasteiger partial charge < -0.3 is 10.2 Å². The summed E-state index contributed by atoms with van der Waals surface area (Å²) in [5.41, 5.74) is 2.07. The van der Waals surface area contributed by atoms with Crippen LogP contribution in [0.25, 0.3) is 5.69 Å². The van der Waals surface area contributed by atoms with Crippen molar-refractivity contribution in [1.82, 2.24) is 24.9 Å². The van der Waals surface area contributed by atoms with Crippen LogP contribution in [0, 0.1) is 0 Å². The number of aromatic nitrogens is 2. The number of benzene rings is 1. The number of likely N-dealkylation sites (N-methyl/N-ethyl adjacent to an activating group) is 1. The molecule has 134 valence electrons. The molecule has 1 atom stereocenters. The first-order chi connectivity index (χ1) is 12.2. The largest absolute Gasteiger partial charge is 0.334 e. The van der Waals surface area contributed by atoms with Crippen LogP contribution >= 0.6 is 0 Å². The van der Waals surface area contributed by atoms with Gasteiger partial charge in [-0.3, -0.25) is 4.90 Å². The lowest BCUT2D eigenvalue weighted by molar-refractivity contribution is 0.192. The number of nitrogens with zero attached hydrogens (tertiary/aromatic N) is 4. The molecule has 2 amide bonds. The maximum atomic E-state index is 12.5. The van der Waals surface area contributed by atoms with Gasteiger partial charge in [-0.25, -0.2) is 9.48 Å². The van der Waals surface area contributed by atoms with Crippen LogP contribution in [-0.4, -0.2) is 57.8 Å². The highest BCUT2D eigenvalue weighted by Gasteiger charge is 2.28. The molecule has 25 heavy (non-hydrogen) atoms. The molecular formula is C19H27N5O. The Bertz CT molecular complexity index is 681. The van der Waals surface area contributed by atoms with Crippen LogP contribution in [-0.2, 0) is 6.54 Å². The van der Waals surface area contributed by atoms with E-state index in [0.29, 0.717) is 12.6 Å². The van der Waals surface area contributed by atoms with Crippen LogP contribution in [0.5, 0.6) is 0 Å². The summed E-state index contributed by atoms with van der Waals surface area (Å²) < 4.78 is 1.82. The van der Waals surface area contributed by atoms with E-state index in [2.05, 4.69) is 35.2 Å². The van der Waals surface area contributed by atoms with Gasteiger partial charge in [0.1, 0.15) is 0 Å². The number of rotatable bonds is 6. The van der Waals surface area contributed by atoms with Crippen molar-refractivity contribution >= 4 is 6.03 Å². The number of amides is 2. The molecule has 0 saturated carbocycles. The number of carbonyl (C=O) groups excluding carboxylic acids is 1. The van der Waals surface area contributed by atoms with Gasteiger partial charge in [0.15, 0.2) is 0 Å². The smallest absolute Gasteiger partial charge is 0.317 e. The first-order valence-electron chi connectivity index (χ1n) is 9.07. The molecule has 1 aliphatic rings. The van der Waals surface area contributed by atoms with E-state index in [1.165, 1.54) is 0 Å². The fraction of sp³-hybridized carbons (Fsp3) is 0.474. The maximum Gasteiger partial charge on any atom is 0.317 e. The number of nitrogens with one attached hydrogen (secondary N) is 1. The molecule has 0 spiro atoms. The normalized spacial score (nSPS) is 17.2. The first-order valence-corrected chi connectivity index (χ1v) is 9.07. The van der Waals surface area contributed by atoms with Crippen LogP contribution in [0.4, 0.5) is 4.79 Å². The summed E-state index contributed by atoms with van der Waals surface area (Å²) in [4.78, 5) is 16.8. The molecule has 1 aliphatic heterocycles. The second kappa shape index (κ2) is 8.16. The van der Waals surface area contributed by atoms with Gasteiger partial charge in [0.05, 0.1) is 5.69 Å². The van der Waals surface area contributed by atoms with Crippen molar-refractivity contribution in [1.29, 1.82) is 0 Å².